The van der Waals surface area contributed by atoms with E-state index in [2.05, 4.69) is 5.32 Å². The Morgan fingerprint density at radius 3 is 2.11 bits per heavy atom. The summed E-state index contributed by atoms with van der Waals surface area (Å²) in [5, 5.41) is 3.13. The molecule has 1 heterocycles. The zero-order valence-electron chi connectivity index (χ0n) is 11.4. The summed E-state index contributed by atoms with van der Waals surface area (Å²) in [5.41, 5.74) is 0. The highest BCUT2D eigenvalue weighted by Crippen LogP contribution is 2.19. The number of hydrogen-bond acceptors (Lipinski definition) is 3. The Labute approximate surface area is 109 Å². The highest BCUT2D eigenvalue weighted by molar-refractivity contribution is 5.75. The van der Waals surface area contributed by atoms with Crippen LogP contribution in [0.5, 0.6) is 0 Å². The Hall–Kier alpha value is -0.810. The summed E-state index contributed by atoms with van der Waals surface area (Å²) in [6, 6.07) is 0.386. The van der Waals surface area contributed by atoms with Gasteiger partial charge in [-0.3, -0.25) is 0 Å². The maximum absolute atomic E-state index is 12.1. The third-order valence-corrected chi connectivity index (χ3v) is 4.04. The summed E-state index contributed by atoms with van der Waals surface area (Å²) >= 11 is 0. The molecule has 1 saturated carbocycles. The molecule has 104 valence electrons. The first-order valence-corrected chi connectivity index (χ1v) is 6.85. The second-order valence-corrected chi connectivity index (χ2v) is 5.24. The second kappa shape index (κ2) is 6.38. The first-order valence-electron chi connectivity index (χ1n) is 6.85. The fourth-order valence-electron chi connectivity index (χ4n) is 2.88. The lowest BCUT2D eigenvalue weighted by Crippen LogP contribution is -2.45. The monoisotopic (exact) mass is 256 g/mol. The number of likely N-dealkylation sites (tertiary alicyclic amines) is 1. The minimum Gasteiger partial charge on any atom is -0.377 e. The van der Waals surface area contributed by atoms with E-state index < -0.39 is 0 Å². The number of carbonyl (C=O) groups excluding carboxylic acids is 1. The molecule has 0 aromatic rings. The normalized spacial score (nSPS) is 29.6. The van der Waals surface area contributed by atoms with Crippen LogP contribution in [-0.2, 0) is 9.47 Å². The molecule has 1 aliphatic heterocycles. The van der Waals surface area contributed by atoms with Gasteiger partial charge in [-0.15, -0.1) is 0 Å². The predicted octanol–water partition coefficient (Wildman–Crippen LogP) is 1.37. The van der Waals surface area contributed by atoms with Gasteiger partial charge in [0.15, 0.2) is 0 Å². The number of methoxy groups -OCH3 is 2. The van der Waals surface area contributed by atoms with Gasteiger partial charge >= 0.3 is 6.03 Å². The minimum atomic E-state index is -0.00731. The average Bonchev–Trinajstić information content (AvgIpc) is 2.83. The molecule has 1 N–H and O–H groups in total. The van der Waals surface area contributed by atoms with Gasteiger partial charge in [0.25, 0.3) is 0 Å². The molecule has 0 aromatic carbocycles. The van der Waals surface area contributed by atoms with Crippen molar-refractivity contribution in [2.45, 2.75) is 50.4 Å². The number of nitrogens with one attached hydrogen (secondary N) is 1. The van der Waals surface area contributed by atoms with E-state index >= 15 is 0 Å². The lowest BCUT2D eigenvalue weighted by Gasteiger charge is -2.26. The highest BCUT2D eigenvalue weighted by Gasteiger charge is 2.36. The number of urea groups is 1. The van der Waals surface area contributed by atoms with Gasteiger partial charge in [0.2, 0.25) is 0 Å². The standard InChI is InChI=1S/C13H24N2O3/c1-17-11-8-15(9-12(11)18-2)13(16)14-10-6-4-3-5-7-10/h10-12H,3-9H2,1-2H3,(H,14,16). The van der Waals surface area contributed by atoms with Crippen molar-refractivity contribution in [3.05, 3.63) is 0 Å². The average molecular weight is 256 g/mol. The smallest absolute Gasteiger partial charge is 0.317 e. The Kier molecular flexibility index (Phi) is 4.83. The van der Waals surface area contributed by atoms with Gasteiger partial charge < -0.3 is 19.7 Å². The summed E-state index contributed by atoms with van der Waals surface area (Å²) in [5.74, 6) is 0. The van der Waals surface area contributed by atoms with Crippen LogP contribution < -0.4 is 5.32 Å². The molecule has 0 bridgehead atoms. The van der Waals surface area contributed by atoms with Crippen molar-refractivity contribution in [3.63, 3.8) is 0 Å². The molecule has 5 heteroatoms. The number of amides is 2. The minimum absolute atomic E-state index is 0.00731. The van der Waals surface area contributed by atoms with Crippen LogP contribution >= 0.6 is 0 Å². The van der Waals surface area contributed by atoms with Gasteiger partial charge in [-0.25, -0.2) is 4.79 Å². The fraction of sp³-hybridized carbons (Fsp3) is 0.923. The molecule has 2 rings (SSSR count). The SMILES string of the molecule is COC1CN(C(=O)NC2CCCCC2)CC1OC. The maximum Gasteiger partial charge on any atom is 0.317 e. The first kappa shape index (κ1) is 13.6. The van der Waals surface area contributed by atoms with Crippen LogP contribution in [-0.4, -0.2) is 56.5 Å². The molecule has 0 radical (unpaired) electrons. The van der Waals surface area contributed by atoms with Crippen molar-refractivity contribution in [1.82, 2.24) is 10.2 Å². The van der Waals surface area contributed by atoms with Crippen molar-refractivity contribution < 1.29 is 14.3 Å². The lowest BCUT2D eigenvalue weighted by atomic mass is 9.96. The van der Waals surface area contributed by atoms with E-state index in [0.717, 1.165) is 12.8 Å². The Morgan fingerprint density at radius 1 is 1.06 bits per heavy atom. The van der Waals surface area contributed by atoms with Crippen molar-refractivity contribution >= 4 is 6.03 Å². The fourth-order valence-corrected chi connectivity index (χ4v) is 2.88. The number of carbonyl (C=O) groups is 1. The Balaban J connectivity index is 1.82. The molecule has 0 spiro atoms. The summed E-state index contributed by atoms with van der Waals surface area (Å²) in [6.45, 7) is 1.24. The number of nitrogens with zero attached hydrogens (tertiary/aromatic N) is 1. The molecule has 2 aliphatic rings. The third-order valence-electron chi connectivity index (χ3n) is 4.04. The van der Waals surface area contributed by atoms with Crippen molar-refractivity contribution in [3.8, 4) is 0 Å². The van der Waals surface area contributed by atoms with Gasteiger partial charge in [0.1, 0.15) is 12.2 Å². The van der Waals surface area contributed by atoms with Gasteiger partial charge in [0.05, 0.1) is 13.1 Å². The quantitative estimate of drug-likeness (QED) is 0.830. The van der Waals surface area contributed by atoms with E-state index in [9.17, 15) is 4.79 Å². The van der Waals surface area contributed by atoms with Crippen molar-refractivity contribution in [1.29, 1.82) is 0 Å². The molecule has 5 nitrogen and oxygen atoms in total. The lowest BCUT2D eigenvalue weighted by molar-refractivity contribution is -0.00461. The van der Waals surface area contributed by atoms with Crippen LogP contribution in [0.4, 0.5) is 4.79 Å². The third kappa shape index (κ3) is 3.14. The molecule has 2 fully saturated rings. The molecule has 18 heavy (non-hydrogen) atoms. The van der Waals surface area contributed by atoms with Crippen LogP contribution in [0.25, 0.3) is 0 Å². The highest BCUT2D eigenvalue weighted by atomic mass is 16.5. The van der Waals surface area contributed by atoms with Crippen LogP contribution in [0.15, 0.2) is 0 Å². The Morgan fingerprint density at radius 2 is 1.61 bits per heavy atom. The largest absolute Gasteiger partial charge is 0.377 e. The molecule has 2 atom stereocenters. The summed E-state index contributed by atoms with van der Waals surface area (Å²) in [4.78, 5) is 13.9. The van der Waals surface area contributed by atoms with Crippen molar-refractivity contribution in [2.75, 3.05) is 27.3 Å². The van der Waals surface area contributed by atoms with Gasteiger partial charge in [0, 0.05) is 20.3 Å². The molecular formula is C13H24N2O3. The van der Waals surface area contributed by atoms with Gasteiger partial charge in [-0.05, 0) is 12.8 Å². The predicted molar refractivity (Wildman–Crippen MR) is 68.6 cm³/mol. The molecule has 2 unspecified atom stereocenters. The van der Waals surface area contributed by atoms with Crippen LogP contribution in [0.1, 0.15) is 32.1 Å². The molecule has 1 aliphatic carbocycles. The molecule has 1 saturated heterocycles. The molecule has 0 aromatic heterocycles. The van der Waals surface area contributed by atoms with E-state index in [1.807, 2.05) is 0 Å². The zero-order valence-corrected chi connectivity index (χ0v) is 11.4. The number of rotatable bonds is 3. The van der Waals surface area contributed by atoms with E-state index in [1.165, 1.54) is 19.3 Å². The van der Waals surface area contributed by atoms with Gasteiger partial charge in [-0.1, -0.05) is 19.3 Å². The Bertz CT molecular complexity index is 267. The van der Waals surface area contributed by atoms with Crippen LogP contribution in [0.2, 0.25) is 0 Å². The number of ether oxygens (including phenoxy) is 2. The van der Waals surface area contributed by atoms with E-state index in [0.29, 0.717) is 19.1 Å². The first-order chi connectivity index (χ1) is 8.74. The van der Waals surface area contributed by atoms with E-state index in [-0.39, 0.29) is 18.2 Å². The summed E-state index contributed by atoms with van der Waals surface area (Å²) in [7, 11) is 3.33. The topological polar surface area (TPSA) is 50.8 Å². The zero-order chi connectivity index (χ0) is 13.0. The van der Waals surface area contributed by atoms with Crippen LogP contribution in [0.3, 0.4) is 0 Å². The molecular weight excluding hydrogens is 232 g/mol. The summed E-state index contributed by atoms with van der Waals surface area (Å²) < 4.78 is 10.7. The van der Waals surface area contributed by atoms with Crippen LogP contribution in [0, 0.1) is 0 Å². The van der Waals surface area contributed by atoms with Crippen molar-refractivity contribution in [2.24, 2.45) is 0 Å². The van der Waals surface area contributed by atoms with E-state index in [1.54, 1.807) is 19.1 Å². The summed E-state index contributed by atoms with van der Waals surface area (Å²) in [6.07, 6.45) is 5.97. The second-order valence-electron chi connectivity index (χ2n) is 5.24. The van der Waals surface area contributed by atoms with Gasteiger partial charge in [-0.2, -0.15) is 0 Å². The maximum atomic E-state index is 12.1. The number of hydrogen-bond donors (Lipinski definition) is 1. The van der Waals surface area contributed by atoms with E-state index in [4.69, 9.17) is 9.47 Å². The molecule has 2 amide bonds.